The van der Waals surface area contributed by atoms with Crippen LogP contribution in [0.15, 0.2) is 109 Å². The van der Waals surface area contributed by atoms with Crippen molar-refractivity contribution in [3.63, 3.8) is 0 Å². The molecule has 3 heterocycles. The predicted octanol–water partition coefficient (Wildman–Crippen LogP) is 6.18. The Bertz CT molecular complexity index is 1990. The first-order valence-corrected chi connectivity index (χ1v) is 16.9. The lowest BCUT2D eigenvalue weighted by Gasteiger charge is -2.24. The molecule has 5 aromatic rings. The van der Waals surface area contributed by atoms with E-state index in [-0.39, 0.29) is 36.5 Å². The molecule has 2 aliphatic rings. The van der Waals surface area contributed by atoms with Crippen molar-refractivity contribution < 1.29 is 19.2 Å². The molecule has 0 spiro atoms. The molecule has 9 nitrogen and oxygen atoms in total. The standard InChI is InChI=1S/C40H39N5O4/c46-37(22-27-10-3-1-4-11-27)44-20-8-16-35(44)39(48)41-31-15-7-14-29(24-31)33-25-30-18-19-32(26-34(30)43-33)42-40(49)36-17-9-21-45(36)38(47)23-28-12-5-2-6-13-28/h1-7,10-15,18-19,24-26,35-36,43H,8-9,16-17,20-23H2,(H,41,48)(H,42,49)/t35?,36-/m0/s1. The number of carbonyl (C=O) groups excluding carboxylic acids is 4. The second-order valence-electron chi connectivity index (χ2n) is 12.9. The summed E-state index contributed by atoms with van der Waals surface area (Å²) >= 11 is 0. The highest BCUT2D eigenvalue weighted by atomic mass is 16.2. The Morgan fingerprint density at radius 2 is 1.16 bits per heavy atom. The number of likely N-dealkylation sites (tertiary alicyclic amines) is 2. The highest BCUT2D eigenvalue weighted by molar-refractivity contribution is 6.00. The van der Waals surface area contributed by atoms with Crippen LogP contribution in [0.25, 0.3) is 22.2 Å². The summed E-state index contributed by atoms with van der Waals surface area (Å²) in [6, 6.07) is 33.6. The van der Waals surface area contributed by atoms with Gasteiger partial charge in [-0.1, -0.05) is 78.9 Å². The second-order valence-corrected chi connectivity index (χ2v) is 12.9. The van der Waals surface area contributed by atoms with Gasteiger partial charge in [-0.3, -0.25) is 19.2 Å². The minimum absolute atomic E-state index is 0.0381. The third-order valence-corrected chi connectivity index (χ3v) is 9.48. The Hall–Kier alpha value is -5.70. The van der Waals surface area contributed by atoms with Crippen LogP contribution in [0.1, 0.15) is 36.8 Å². The molecule has 4 amide bonds. The van der Waals surface area contributed by atoms with E-state index in [4.69, 9.17) is 0 Å². The largest absolute Gasteiger partial charge is 0.354 e. The van der Waals surface area contributed by atoms with Gasteiger partial charge in [0.2, 0.25) is 23.6 Å². The lowest BCUT2D eigenvalue weighted by molar-refractivity contribution is -0.136. The van der Waals surface area contributed by atoms with E-state index in [0.29, 0.717) is 37.3 Å². The van der Waals surface area contributed by atoms with Crippen molar-refractivity contribution in [1.29, 1.82) is 0 Å². The second kappa shape index (κ2) is 14.2. The molecule has 0 saturated carbocycles. The van der Waals surface area contributed by atoms with Crippen LogP contribution in [0.4, 0.5) is 11.4 Å². The Morgan fingerprint density at radius 1 is 0.612 bits per heavy atom. The summed E-state index contributed by atoms with van der Waals surface area (Å²) in [5, 5.41) is 7.04. The molecule has 0 radical (unpaired) electrons. The molecule has 49 heavy (non-hydrogen) atoms. The first-order valence-electron chi connectivity index (χ1n) is 16.9. The highest BCUT2D eigenvalue weighted by Gasteiger charge is 2.35. The fourth-order valence-corrected chi connectivity index (χ4v) is 7.00. The van der Waals surface area contributed by atoms with E-state index in [1.165, 1.54) is 0 Å². The van der Waals surface area contributed by atoms with Gasteiger partial charge in [0, 0.05) is 46.6 Å². The van der Waals surface area contributed by atoms with Gasteiger partial charge < -0.3 is 25.4 Å². The van der Waals surface area contributed by atoms with Crippen LogP contribution in [0.2, 0.25) is 0 Å². The van der Waals surface area contributed by atoms with Gasteiger partial charge in [0.05, 0.1) is 12.8 Å². The fraction of sp³-hybridized carbons (Fsp3) is 0.250. The van der Waals surface area contributed by atoms with Crippen LogP contribution in [0.3, 0.4) is 0 Å². The predicted molar refractivity (Wildman–Crippen MR) is 191 cm³/mol. The van der Waals surface area contributed by atoms with E-state index in [1.54, 1.807) is 9.80 Å². The first kappa shape index (κ1) is 31.9. The topological polar surface area (TPSA) is 115 Å². The zero-order chi connectivity index (χ0) is 33.7. The number of rotatable bonds is 9. The molecule has 2 saturated heterocycles. The van der Waals surface area contributed by atoms with Crippen LogP contribution in [-0.4, -0.2) is 63.6 Å². The Kier molecular flexibility index (Phi) is 9.23. The van der Waals surface area contributed by atoms with Gasteiger partial charge >= 0.3 is 0 Å². The van der Waals surface area contributed by atoms with Crippen molar-refractivity contribution in [2.75, 3.05) is 23.7 Å². The fourth-order valence-electron chi connectivity index (χ4n) is 7.00. The number of nitrogens with one attached hydrogen (secondary N) is 3. The molecule has 2 aliphatic heterocycles. The van der Waals surface area contributed by atoms with Crippen molar-refractivity contribution in [2.24, 2.45) is 0 Å². The Morgan fingerprint density at radius 3 is 1.73 bits per heavy atom. The molecule has 1 unspecified atom stereocenters. The number of aromatic nitrogens is 1. The number of aromatic amines is 1. The minimum Gasteiger partial charge on any atom is -0.354 e. The number of H-pyrrole nitrogens is 1. The Labute approximate surface area is 285 Å². The molecule has 3 N–H and O–H groups in total. The smallest absolute Gasteiger partial charge is 0.247 e. The van der Waals surface area contributed by atoms with Gasteiger partial charge in [-0.05, 0) is 67.1 Å². The summed E-state index contributed by atoms with van der Waals surface area (Å²) in [4.78, 5) is 59.7. The number of hydrogen-bond acceptors (Lipinski definition) is 4. The van der Waals surface area contributed by atoms with Gasteiger partial charge in [-0.15, -0.1) is 0 Å². The lowest BCUT2D eigenvalue weighted by atomic mass is 10.1. The van der Waals surface area contributed by atoms with Crippen molar-refractivity contribution in [1.82, 2.24) is 14.8 Å². The molecular weight excluding hydrogens is 614 g/mol. The molecule has 9 heteroatoms. The monoisotopic (exact) mass is 653 g/mol. The van der Waals surface area contributed by atoms with Crippen LogP contribution in [0.5, 0.6) is 0 Å². The molecule has 4 aromatic carbocycles. The third kappa shape index (κ3) is 7.26. The maximum atomic E-state index is 13.4. The van der Waals surface area contributed by atoms with Crippen molar-refractivity contribution in [3.8, 4) is 11.3 Å². The SMILES string of the molecule is O=C(Nc1cccc(-c2cc3ccc(NC(=O)[C@@H]4CCCN4C(=O)Cc4ccccc4)cc3[nH]2)c1)C1CCCN1C(=O)Cc1ccccc1. The van der Waals surface area contributed by atoms with Gasteiger partial charge in [-0.25, -0.2) is 0 Å². The van der Waals surface area contributed by atoms with Gasteiger partial charge in [0.25, 0.3) is 0 Å². The number of anilines is 2. The van der Waals surface area contributed by atoms with E-state index in [1.807, 2.05) is 109 Å². The molecule has 0 bridgehead atoms. The van der Waals surface area contributed by atoms with Crippen molar-refractivity contribution >= 4 is 45.9 Å². The number of nitrogens with zero attached hydrogens (tertiary/aromatic N) is 2. The molecule has 248 valence electrons. The quantitative estimate of drug-likeness (QED) is 0.176. The van der Waals surface area contributed by atoms with Crippen LogP contribution < -0.4 is 10.6 Å². The number of fused-ring (bicyclic) bond motifs is 1. The van der Waals surface area contributed by atoms with Crippen molar-refractivity contribution in [2.45, 2.75) is 50.6 Å². The molecule has 2 fully saturated rings. The van der Waals surface area contributed by atoms with Gasteiger partial charge in [0.1, 0.15) is 12.1 Å². The third-order valence-electron chi connectivity index (χ3n) is 9.48. The Balaban J connectivity index is 0.997. The maximum Gasteiger partial charge on any atom is 0.247 e. The highest BCUT2D eigenvalue weighted by Crippen LogP contribution is 2.29. The van der Waals surface area contributed by atoms with Crippen molar-refractivity contribution in [3.05, 3.63) is 120 Å². The van der Waals surface area contributed by atoms with E-state index >= 15 is 0 Å². The van der Waals surface area contributed by atoms with Crippen LogP contribution in [-0.2, 0) is 32.0 Å². The normalized spacial score (nSPS) is 17.3. The summed E-state index contributed by atoms with van der Waals surface area (Å²) in [5.74, 6) is -0.445. The summed E-state index contributed by atoms with van der Waals surface area (Å²) < 4.78 is 0. The summed E-state index contributed by atoms with van der Waals surface area (Å²) in [7, 11) is 0. The van der Waals surface area contributed by atoms with Gasteiger partial charge in [0.15, 0.2) is 0 Å². The molecule has 7 rings (SSSR count). The molecule has 2 atom stereocenters. The molecular formula is C40H39N5O4. The minimum atomic E-state index is -0.500. The summed E-state index contributed by atoms with van der Waals surface area (Å²) in [5.41, 5.74) is 5.78. The number of hydrogen-bond donors (Lipinski definition) is 3. The average molecular weight is 654 g/mol. The zero-order valence-electron chi connectivity index (χ0n) is 27.2. The molecule has 0 aliphatic carbocycles. The van der Waals surface area contributed by atoms with E-state index < -0.39 is 12.1 Å². The zero-order valence-corrected chi connectivity index (χ0v) is 27.2. The number of carbonyl (C=O) groups is 4. The van der Waals surface area contributed by atoms with Crippen LogP contribution >= 0.6 is 0 Å². The first-order chi connectivity index (χ1) is 23.9. The van der Waals surface area contributed by atoms with E-state index in [2.05, 4.69) is 15.6 Å². The van der Waals surface area contributed by atoms with Crippen LogP contribution in [0, 0.1) is 0 Å². The molecule has 1 aromatic heterocycles. The number of amides is 4. The van der Waals surface area contributed by atoms with E-state index in [0.717, 1.165) is 46.1 Å². The summed E-state index contributed by atoms with van der Waals surface area (Å²) in [6.07, 6.45) is 3.41. The lowest BCUT2D eigenvalue weighted by Crippen LogP contribution is -2.43. The average Bonchev–Trinajstić information content (AvgIpc) is 3.89. The summed E-state index contributed by atoms with van der Waals surface area (Å²) in [6.45, 7) is 1.15. The maximum absolute atomic E-state index is 13.4. The van der Waals surface area contributed by atoms with Gasteiger partial charge in [-0.2, -0.15) is 0 Å². The van der Waals surface area contributed by atoms with E-state index in [9.17, 15) is 19.2 Å². The number of benzene rings is 4.